The molecule has 4 nitrogen and oxygen atoms in total. The Bertz CT molecular complexity index is 637. The van der Waals surface area contributed by atoms with E-state index in [0.717, 1.165) is 22.7 Å². The van der Waals surface area contributed by atoms with Crippen molar-refractivity contribution < 1.29 is 9.21 Å². The number of anilines is 2. The van der Waals surface area contributed by atoms with Crippen LogP contribution in [0.3, 0.4) is 0 Å². The number of benzene rings is 1. The Morgan fingerprint density at radius 2 is 2.00 bits per heavy atom. The smallest absolute Gasteiger partial charge is 0.224 e. The Morgan fingerprint density at radius 1 is 1.29 bits per heavy atom. The molecule has 0 fully saturated rings. The lowest BCUT2D eigenvalue weighted by atomic mass is 10.1. The quantitative estimate of drug-likeness (QED) is 0.808. The molecule has 1 atom stereocenters. The van der Waals surface area contributed by atoms with E-state index in [-0.39, 0.29) is 11.9 Å². The van der Waals surface area contributed by atoms with Gasteiger partial charge in [0.2, 0.25) is 5.91 Å². The Labute approximate surface area is 133 Å². The van der Waals surface area contributed by atoms with Gasteiger partial charge in [-0.1, -0.05) is 13.0 Å². The van der Waals surface area contributed by atoms with Gasteiger partial charge in [0.25, 0.3) is 0 Å². The van der Waals surface area contributed by atoms with E-state index in [0.29, 0.717) is 11.1 Å². The van der Waals surface area contributed by atoms with Crippen LogP contribution in [-0.4, -0.2) is 5.91 Å². The standard InChI is InChI=1S/C16H19BrN2O2/c1-4-16(20)19-13-7-5-6-12(10(13)2)18-11(3)14-8-9-15(17)21-14/h5-9,11,18H,4H2,1-3H3,(H,19,20). The molecule has 112 valence electrons. The molecule has 0 spiro atoms. The van der Waals surface area contributed by atoms with Crippen LogP contribution in [0, 0.1) is 6.92 Å². The minimum atomic E-state index is 0.0123. The summed E-state index contributed by atoms with van der Waals surface area (Å²) in [5.41, 5.74) is 2.82. The molecule has 0 saturated carbocycles. The largest absolute Gasteiger partial charge is 0.452 e. The molecule has 0 radical (unpaired) electrons. The van der Waals surface area contributed by atoms with Gasteiger partial charge in [-0.15, -0.1) is 0 Å². The highest BCUT2D eigenvalue weighted by atomic mass is 79.9. The summed E-state index contributed by atoms with van der Waals surface area (Å²) < 4.78 is 6.27. The number of nitrogens with one attached hydrogen (secondary N) is 2. The van der Waals surface area contributed by atoms with Crippen molar-refractivity contribution in [3.8, 4) is 0 Å². The predicted octanol–water partition coefficient (Wildman–Crippen LogP) is 4.87. The third-order valence-corrected chi connectivity index (χ3v) is 3.75. The van der Waals surface area contributed by atoms with Crippen LogP contribution in [0.1, 0.15) is 37.6 Å². The molecule has 2 rings (SSSR count). The van der Waals surface area contributed by atoms with Crippen LogP contribution in [0.4, 0.5) is 11.4 Å². The predicted molar refractivity (Wildman–Crippen MR) is 88.5 cm³/mol. The van der Waals surface area contributed by atoms with Gasteiger partial charge >= 0.3 is 0 Å². The first kappa shape index (κ1) is 15.6. The van der Waals surface area contributed by atoms with Crippen LogP contribution in [0.2, 0.25) is 0 Å². The van der Waals surface area contributed by atoms with Crippen molar-refractivity contribution in [1.29, 1.82) is 0 Å². The minimum Gasteiger partial charge on any atom is -0.452 e. The number of furan rings is 1. The van der Waals surface area contributed by atoms with E-state index in [4.69, 9.17) is 4.42 Å². The molecular weight excluding hydrogens is 332 g/mol. The zero-order chi connectivity index (χ0) is 15.4. The van der Waals surface area contributed by atoms with Crippen LogP contribution < -0.4 is 10.6 Å². The highest BCUT2D eigenvalue weighted by Crippen LogP contribution is 2.28. The summed E-state index contributed by atoms with van der Waals surface area (Å²) in [6.07, 6.45) is 0.466. The number of amides is 1. The molecule has 0 aliphatic rings. The van der Waals surface area contributed by atoms with Crippen LogP contribution in [-0.2, 0) is 4.79 Å². The normalized spacial score (nSPS) is 12.0. The fourth-order valence-corrected chi connectivity index (χ4v) is 2.35. The first-order valence-corrected chi connectivity index (χ1v) is 7.71. The Morgan fingerprint density at radius 3 is 2.62 bits per heavy atom. The lowest BCUT2D eigenvalue weighted by molar-refractivity contribution is -0.115. The molecule has 5 heteroatoms. The van der Waals surface area contributed by atoms with Gasteiger partial charge in [0, 0.05) is 17.8 Å². The zero-order valence-electron chi connectivity index (χ0n) is 12.4. The van der Waals surface area contributed by atoms with Gasteiger partial charge in [-0.05, 0) is 59.6 Å². The molecule has 0 aliphatic heterocycles. The van der Waals surface area contributed by atoms with Crippen molar-refractivity contribution in [2.45, 2.75) is 33.2 Å². The molecule has 0 saturated heterocycles. The summed E-state index contributed by atoms with van der Waals surface area (Å²) in [5.74, 6) is 0.863. The molecule has 1 unspecified atom stereocenters. The van der Waals surface area contributed by atoms with Gasteiger partial charge in [-0.2, -0.15) is 0 Å². The van der Waals surface area contributed by atoms with Gasteiger partial charge in [0.05, 0.1) is 6.04 Å². The highest BCUT2D eigenvalue weighted by molar-refractivity contribution is 9.10. The summed E-state index contributed by atoms with van der Waals surface area (Å²) in [4.78, 5) is 11.5. The first-order chi connectivity index (χ1) is 10.0. The number of rotatable bonds is 5. The maximum absolute atomic E-state index is 11.5. The number of halogens is 1. The first-order valence-electron chi connectivity index (χ1n) is 6.92. The van der Waals surface area contributed by atoms with Crippen molar-refractivity contribution in [2.75, 3.05) is 10.6 Å². The topological polar surface area (TPSA) is 54.3 Å². The summed E-state index contributed by atoms with van der Waals surface area (Å²) in [6.45, 7) is 5.85. The van der Waals surface area contributed by atoms with Crippen molar-refractivity contribution in [2.24, 2.45) is 0 Å². The lowest BCUT2D eigenvalue weighted by Gasteiger charge is -2.17. The second kappa shape index (κ2) is 6.80. The molecule has 1 aromatic heterocycles. The molecule has 0 bridgehead atoms. The summed E-state index contributed by atoms with van der Waals surface area (Å²) in [5, 5.41) is 6.31. The SMILES string of the molecule is CCC(=O)Nc1cccc(NC(C)c2ccc(Br)o2)c1C. The Balaban J connectivity index is 2.16. The van der Waals surface area contributed by atoms with Crippen LogP contribution >= 0.6 is 15.9 Å². The van der Waals surface area contributed by atoms with E-state index in [1.165, 1.54) is 0 Å². The van der Waals surface area contributed by atoms with Crippen molar-refractivity contribution in [3.05, 3.63) is 46.3 Å². The average Bonchev–Trinajstić information content (AvgIpc) is 2.89. The third-order valence-electron chi connectivity index (χ3n) is 3.32. The molecule has 1 amide bonds. The van der Waals surface area contributed by atoms with E-state index in [2.05, 4.69) is 26.6 Å². The summed E-state index contributed by atoms with van der Waals surface area (Å²) >= 11 is 3.31. The lowest BCUT2D eigenvalue weighted by Crippen LogP contribution is -2.12. The van der Waals surface area contributed by atoms with Crippen LogP contribution in [0.25, 0.3) is 0 Å². The third kappa shape index (κ3) is 3.88. The molecule has 2 aromatic rings. The summed E-state index contributed by atoms with van der Waals surface area (Å²) in [6, 6.07) is 9.66. The van der Waals surface area contributed by atoms with E-state index in [9.17, 15) is 4.79 Å². The second-order valence-corrected chi connectivity index (χ2v) is 5.67. The second-order valence-electron chi connectivity index (χ2n) is 4.89. The van der Waals surface area contributed by atoms with Crippen molar-refractivity contribution in [1.82, 2.24) is 0 Å². The fourth-order valence-electron chi connectivity index (χ4n) is 2.03. The number of carbonyl (C=O) groups is 1. The van der Waals surface area contributed by atoms with E-state index in [1.807, 2.05) is 51.1 Å². The average molecular weight is 351 g/mol. The fraction of sp³-hybridized carbons (Fsp3) is 0.312. The number of hydrogen-bond acceptors (Lipinski definition) is 3. The molecule has 1 heterocycles. The van der Waals surface area contributed by atoms with E-state index >= 15 is 0 Å². The minimum absolute atomic E-state index is 0.0123. The van der Waals surface area contributed by atoms with Gasteiger partial charge in [0.15, 0.2) is 4.67 Å². The molecule has 1 aromatic carbocycles. The van der Waals surface area contributed by atoms with Crippen molar-refractivity contribution in [3.63, 3.8) is 0 Å². The highest BCUT2D eigenvalue weighted by Gasteiger charge is 2.12. The number of carbonyl (C=O) groups excluding carboxylic acids is 1. The van der Waals surface area contributed by atoms with Crippen LogP contribution in [0.5, 0.6) is 0 Å². The van der Waals surface area contributed by atoms with E-state index < -0.39 is 0 Å². The monoisotopic (exact) mass is 350 g/mol. The zero-order valence-corrected chi connectivity index (χ0v) is 14.0. The molecule has 0 aliphatic carbocycles. The van der Waals surface area contributed by atoms with Crippen LogP contribution in [0.15, 0.2) is 39.4 Å². The van der Waals surface area contributed by atoms with Gasteiger partial charge in [-0.25, -0.2) is 0 Å². The van der Waals surface area contributed by atoms with Gasteiger partial charge < -0.3 is 15.1 Å². The molecule has 2 N–H and O–H groups in total. The maximum Gasteiger partial charge on any atom is 0.224 e. The Kier molecular flexibility index (Phi) is 5.07. The molecular formula is C16H19BrN2O2. The van der Waals surface area contributed by atoms with Gasteiger partial charge in [-0.3, -0.25) is 4.79 Å². The number of hydrogen-bond donors (Lipinski definition) is 2. The van der Waals surface area contributed by atoms with Crippen molar-refractivity contribution >= 4 is 33.2 Å². The Hall–Kier alpha value is -1.75. The molecule has 21 heavy (non-hydrogen) atoms. The summed E-state index contributed by atoms with van der Waals surface area (Å²) in [7, 11) is 0. The van der Waals surface area contributed by atoms with Gasteiger partial charge in [0.1, 0.15) is 5.76 Å². The maximum atomic E-state index is 11.5. The van der Waals surface area contributed by atoms with E-state index in [1.54, 1.807) is 0 Å².